The zero-order valence-electron chi connectivity index (χ0n) is 9.50. The third kappa shape index (κ3) is 2.04. The summed E-state index contributed by atoms with van der Waals surface area (Å²) in [5.41, 5.74) is 6.14. The van der Waals surface area contributed by atoms with Gasteiger partial charge in [-0.3, -0.25) is 0 Å². The molecule has 86 valence electrons. The summed E-state index contributed by atoms with van der Waals surface area (Å²) in [6.07, 6.45) is 7.70. The maximum atomic E-state index is 6.29. The maximum Gasteiger partial charge on any atom is 0.112 e. The summed E-state index contributed by atoms with van der Waals surface area (Å²) in [5, 5.41) is 0. The fourth-order valence-corrected chi connectivity index (χ4v) is 2.72. The van der Waals surface area contributed by atoms with E-state index in [9.17, 15) is 0 Å². The Kier molecular flexibility index (Phi) is 3.32. The summed E-state index contributed by atoms with van der Waals surface area (Å²) in [5.74, 6) is 0.949. The monoisotopic (exact) mass is 211 g/mol. The van der Waals surface area contributed by atoms with Crippen LogP contribution in [0.3, 0.4) is 0 Å². The van der Waals surface area contributed by atoms with Crippen molar-refractivity contribution in [2.75, 3.05) is 13.2 Å². The second-order valence-corrected chi connectivity index (χ2v) is 4.43. The third-order valence-corrected chi connectivity index (χ3v) is 3.49. The van der Waals surface area contributed by atoms with Crippen molar-refractivity contribution in [2.45, 2.75) is 50.7 Å². The molecule has 3 nitrogen and oxygen atoms in total. The van der Waals surface area contributed by atoms with E-state index in [1.165, 1.54) is 12.8 Å². The van der Waals surface area contributed by atoms with Crippen molar-refractivity contribution in [3.63, 3.8) is 0 Å². The Morgan fingerprint density at radius 3 is 2.80 bits per heavy atom. The lowest BCUT2D eigenvalue weighted by Gasteiger charge is -2.35. The fraction of sp³-hybridized carbons (Fsp3) is 0.833. The molecule has 1 atom stereocenters. The molecule has 0 aromatic rings. The summed E-state index contributed by atoms with van der Waals surface area (Å²) in [7, 11) is 0. The second-order valence-electron chi connectivity index (χ2n) is 4.43. The van der Waals surface area contributed by atoms with Crippen LogP contribution in [0.1, 0.15) is 39.0 Å². The van der Waals surface area contributed by atoms with Crippen molar-refractivity contribution in [2.24, 2.45) is 5.73 Å². The fourth-order valence-electron chi connectivity index (χ4n) is 2.72. The van der Waals surface area contributed by atoms with Crippen LogP contribution < -0.4 is 5.73 Å². The number of hydrogen-bond donors (Lipinski definition) is 1. The molecule has 0 spiro atoms. The summed E-state index contributed by atoms with van der Waals surface area (Å²) < 4.78 is 11.5. The van der Waals surface area contributed by atoms with Crippen LogP contribution in [0.25, 0.3) is 0 Å². The molecule has 15 heavy (non-hydrogen) atoms. The first-order valence-corrected chi connectivity index (χ1v) is 6.01. The molecule has 1 saturated carbocycles. The molecule has 1 aliphatic heterocycles. The second kappa shape index (κ2) is 4.54. The SMILES string of the molecule is CCOC1(C(N)C2=CCCO2)CCCC1. The minimum Gasteiger partial charge on any atom is -0.496 e. The van der Waals surface area contributed by atoms with E-state index in [1.54, 1.807) is 0 Å². The van der Waals surface area contributed by atoms with E-state index < -0.39 is 0 Å². The third-order valence-electron chi connectivity index (χ3n) is 3.49. The lowest BCUT2D eigenvalue weighted by molar-refractivity contribution is -0.0540. The summed E-state index contributed by atoms with van der Waals surface area (Å²) >= 11 is 0. The highest BCUT2D eigenvalue weighted by Crippen LogP contribution is 2.38. The summed E-state index contributed by atoms with van der Waals surface area (Å²) in [6, 6.07) is -0.0672. The van der Waals surface area contributed by atoms with Gasteiger partial charge in [0.05, 0.1) is 18.2 Å². The predicted octanol–water partition coefficient (Wildman–Crippen LogP) is 1.97. The molecule has 0 saturated heterocycles. The van der Waals surface area contributed by atoms with E-state index >= 15 is 0 Å². The largest absolute Gasteiger partial charge is 0.496 e. The average molecular weight is 211 g/mol. The minimum atomic E-state index is -0.148. The molecule has 0 aromatic carbocycles. The summed E-state index contributed by atoms with van der Waals surface area (Å²) in [4.78, 5) is 0. The zero-order valence-corrected chi connectivity index (χ0v) is 9.50. The average Bonchev–Trinajstić information content (AvgIpc) is 2.88. The number of ether oxygens (including phenoxy) is 2. The molecular formula is C12H21NO2. The van der Waals surface area contributed by atoms with Gasteiger partial charge in [0, 0.05) is 13.0 Å². The first-order chi connectivity index (χ1) is 7.28. The van der Waals surface area contributed by atoms with Gasteiger partial charge in [-0.15, -0.1) is 0 Å². The molecule has 0 aromatic heterocycles. The van der Waals surface area contributed by atoms with Gasteiger partial charge in [-0.2, -0.15) is 0 Å². The van der Waals surface area contributed by atoms with Gasteiger partial charge in [0.1, 0.15) is 5.76 Å². The van der Waals surface area contributed by atoms with Crippen molar-refractivity contribution < 1.29 is 9.47 Å². The minimum absolute atomic E-state index is 0.0672. The maximum absolute atomic E-state index is 6.29. The van der Waals surface area contributed by atoms with E-state index in [0.29, 0.717) is 0 Å². The van der Waals surface area contributed by atoms with Gasteiger partial charge in [0.2, 0.25) is 0 Å². The zero-order chi connectivity index (χ0) is 10.7. The normalized spacial score (nSPS) is 26.1. The van der Waals surface area contributed by atoms with Crippen LogP contribution in [-0.2, 0) is 9.47 Å². The topological polar surface area (TPSA) is 44.5 Å². The van der Waals surface area contributed by atoms with Crippen LogP contribution >= 0.6 is 0 Å². The Hall–Kier alpha value is -0.540. The van der Waals surface area contributed by atoms with Gasteiger partial charge in [0.15, 0.2) is 0 Å². The highest BCUT2D eigenvalue weighted by molar-refractivity contribution is 5.15. The smallest absolute Gasteiger partial charge is 0.112 e. The Balaban J connectivity index is 2.09. The first kappa shape index (κ1) is 11.0. The molecule has 3 heteroatoms. The molecule has 0 amide bonds. The van der Waals surface area contributed by atoms with Crippen LogP contribution in [0.5, 0.6) is 0 Å². The van der Waals surface area contributed by atoms with E-state index in [1.807, 2.05) is 6.92 Å². The van der Waals surface area contributed by atoms with Crippen LogP contribution in [0.15, 0.2) is 11.8 Å². The quantitative estimate of drug-likeness (QED) is 0.773. The van der Waals surface area contributed by atoms with Crippen molar-refractivity contribution in [3.05, 3.63) is 11.8 Å². The molecular weight excluding hydrogens is 190 g/mol. The van der Waals surface area contributed by atoms with Gasteiger partial charge in [-0.1, -0.05) is 12.8 Å². The Bertz CT molecular complexity index is 244. The highest BCUT2D eigenvalue weighted by atomic mass is 16.5. The van der Waals surface area contributed by atoms with Crippen molar-refractivity contribution in [3.8, 4) is 0 Å². The lowest BCUT2D eigenvalue weighted by Crippen LogP contribution is -2.49. The van der Waals surface area contributed by atoms with Gasteiger partial charge >= 0.3 is 0 Å². The predicted molar refractivity (Wildman–Crippen MR) is 59.5 cm³/mol. The Morgan fingerprint density at radius 2 is 2.27 bits per heavy atom. The molecule has 2 rings (SSSR count). The van der Waals surface area contributed by atoms with E-state index in [0.717, 1.165) is 38.2 Å². The first-order valence-electron chi connectivity index (χ1n) is 6.01. The lowest BCUT2D eigenvalue weighted by atomic mass is 9.91. The van der Waals surface area contributed by atoms with E-state index in [-0.39, 0.29) is 11.6 Å². The molecule has 0 radical (unpaired) electrons. The van der Waals surface area contributed by atoms with Gasteiger partial charge in [0.25, 0.3) is 0 Å². The van der Waals surface area contributed by atoms with Crippen LogP contribution in [0, 0.1) is 0 Å². The molecule has 1 fully saturated rings. The molecule has 1 aliphatic carbocycles. The molecule has 2 N–H and O–H groups in total. The number of rotatable bonds is 4. The molecule has 0 bridgehead atoms. The van der Waals surface area contributed by atoms with Crippen LogP contribution in [-0.4, -0.2) is 24.9 Å². The van der Waals surface area contributed by atoms with Gasteiger partial charge in [-0.25, -0.2) is 0 Å². The van der Waals surface area contributed by atoms with E-state index in [2.05, 4.69) is 6.08 Å². The Labute approximate surface area is 91.6 Å². The highest BCUT2D eigenvalue weighted by Gasteiger charge is 2.43. The van der Waals surface area contributed by atoms with Crippen molar-refractivity contribution in [1.29, 1.82) is 0 Å². The Morgan fingerprint density at radius 1 is 1.53 bits per heavy atom. The number of hydrogen-bond acceptors (Lipinski definition) is 3. The van der Waals surface area contributed by atoms with Crippen molar-refractivity contribution >= 4 is 0 Å². The molecule has 1 unspecified atom stereocenters. The molecule has 1 heterocycles. The van der Waals surface area contributed by atoms with Gasteiger partial charge in [-0.05, 0) is 25.8 Å². The number of nitrogens with two attached hydrogens (primary N) is 1. The van der Waals surface area contributed by atoms with Crippen molar-refractivity contribution in [1.82, 2.24) is 0 Å². The molecule has 2 aliphatic rings. The van der Waals surface area contributed by atoms with E-state index in [4.69, 9.17) is 15.2 Å². The van der Waals surface area contributed by atoms with Gasteiger partial charge < -0.3 is 15.2 Å². The summed E-state index contributed by atoms with van der Waals surface area (Å²) in [6.45, 7) is 3.56. The standard InChI is InChI=1S/C12H21NO2/c1-2-15-12(7-3-4-8-12)11(13)10-6-5-9-14-10/h6,11H,2-5,7-9,13H2,1H3. The van der Waals surface area contributed by atoms with Crippen LogP contribution in [0.4, 0.5) is 0 Å². The van der Waals surface area contributed by atoms with Crippen LogP contribution in [0.2, 0.25) is 0 Å².